The van der Waals surface area contributed by atoms with Crippen LogP contribution in [0.25, 0.3) is 11.6 Å². The Morgan fingerprint density at radius 2 is 1.59 bits per heavy atom. The Kier molecular flexibility index (Phi) is 7.80. The van der Waals surface area contributed by atoms with Crippen LogP contribution in [0.2, 0.25) is 10.0 Å². The van der Waals surface area contributed by atoms with Crippen molar-refractivity contribution in [2.45, 2.75) is 12.3 Å². The van der Waals surface area contributed by atoms with Gasteiger partial charge in [0.25, 0.3) is 0 Å². The number of nitrogens with one attached hydrogen (secondary N) is 1. The van der Waals surface area contributed by atoms with Crippen molar-refractivity contribution in [3.8, 4) is 11.5 Å². The summed E-state index contributed by atoms with van der Waals surface area (Å²) in [4.78, 5) is 23.5. The first-order chi connectivity index (χ1) is 15.2. The molecule has 32 heavy (non-hydrogen) atoms. The fraction of sp³-hybridized carbons (Fsp3) is 0.0833. The molecular formula is C24H18Cl3NO4. The zero-order chi connectivity index (χ0) is 23.3. The maximum atomic E-state index is 11.8. The number of aliphatic carboxylic acids is 1. The highest BCUT2D eigenvalue weighted by Gasteiger charge is 2.17. The second-order valence-corrected chi connectivity index (χ2v) is 8.24. The van der Waals surface area contributed by atoms with Gasteiger partial charge in [-0.3, -0.25) is 4.79 Å². The molecule has 0 saturated carbocycles. The normalized spacial score (nSPS) is 12.2. The van der Waals surface area contributed by atoms with Crippen LogP contribution in [0.1, 0.15) is 18.1 Å². The predicted octanol–water partition coefficient (Wildman–Crippen LogP) is 6.98. The van der Waals surface area contributed by atoms with Gasteiger partial charge in [0.2, 0.25) is 5.91 Å². The maximum Gasteiger partial charge on any atom is 0.336 e. The van der Waals surface area contributed by atoms with Crippen molar-refractivity contribution in [2.24, 2.45) is 0 Å². The standard InChI is InChI=1S/C24H18Cl3NO4/c1-14(25)23(29)28-17-7-9-18(10-8-17)32-22-20(26)12-16(13-21(22)27)19(24(30)31)11-15-5-3-2-4-6-15/h2-14H,1H3,(H,28,29)(H,30,31). The number of hydrogen-bond acceptors (Lipinski definition) is 3. The van der Waals surface area contributed by atoms with Crippen LogP contribution in [0.3, 0.4) is 0 Å². The van der Waals surface area contributed by atoms with Crippen LogP contribution in [-0.2, 0) is 9.59 Å². The van der Waals surface area contributed by atoms with Gasteiger partial charge in [-0.2, -0.15) is 0 Å². The summed E-state index contributed by atoms with van der Waals surface area (Å²) in [6, 6.07) is 18.6. The lowest BCUT2D eigenvalue weighted by molar-refractivity contribution is -0.130. The SMILES string of the molecule is CC(Cl)C(=O)Nc1ccc(Oc2c(Cl)cc(C(=Cc3ccccc3)C(=O)O)cc2Cl)cc1. The average Bonchev–Trinajstić information content (AvgIpc) is 2.76. The summed E-state index contributed by atoms with van der Waals surface area (Å²) in [5.41, 5.74) is 1.67. The molecule has 0 radical (unpaired) electrons. The number of alkyl halides is 1. The van der Waals surface area contributed by atoms with Gasteiger partial charge in [-0.25, -0.2) is 4.79 Å². The molecule has 5 nitrogen and oxygen atoms in total. The van der Waals surface area contributed by atoms with Crippen LogP contribution in [-0.4, -0.2) is 22.4 Å². The molecule has 0 heterocycles. The highest BCUT2D eigenvalue weighted by Crippen LogP contribution is 2.39. The van der Waals surface area contributed by atoms with Crippen molar-refractivity contribution in [3.63, 3.8) is 0 Å². The fourth-order valence-corrected chi connectivity index (χ4v) is 3.38. The van der Waals surface area contributed by atoms with Crippen LogP contribution in [0.15, 0.2) is 66.7 Å². The molecule has 1 amide bonds. The number of hydrogen-bond donors (Lipinski definition) is 2. The molecule has 0 aliphatic carbocycles. The molecule has 3 rings (SSSR count). The van der Waals surface area contributed by atoms with Gasteiger partial charge in [0.15, 0.2) is 5.75 Å². The van der Waals surface area contributed by atoms with Gasteiger partial charge in [-0.1, -0.05) is 53.5 Å². The zero-order valence-electron chi connectivity index (χ0n) is 16.8. The number of benzene rings is 3. The van der Waals surface area contributed by atoms with E-state index in [2.05, 4.69) is 5.32 Å². The molecular weight excluding hydrogens is 473 g/mol. The number of carboxylic acids is 1. The molecule has 0 aromatic heterocycles. The molecule has 0 saturated heterocycles. The lowest BCUT2D eigenvalue weighted by atomic mass is 10.0. The van der Waals surface area contributed by atoms with Crippen LogP contribution >= 0.6 is 34.8 Å². The van der Waals surface area contributed by atoms with Gasteiger partial charge >= 0.3 is 5.97 Å². The minimum absolute atomic E-state index is 0.0418. The fourth-order valence-electron chi connectivity index (χ4n) is 2.76. The van der Waals surface area contributed by atoms with Crippen LogP contribution < -0.4 is 10.1 Å². The maximum absolute atomic E-state index is 11.8. The van der Waals surface area contributed by atoms with E-state index in [9.17, 15) is 14.7 Å². The number of rotatable bonds is 7. The molecule has 0 aliphatic heterocycles. The number of carbonyl (C=O) groups is 2. The van der Waals surface area contributed by atoms with E-state index in [-0.39, 0.29) is 27.3 Å². The van der Waals surface area contributed by atoms with Crippen LogP contribution in [0.5, 0.6) is 11.5 Å². The van der Waals surface area contributed by atoms with Gasteiger partial charge in [0, 0.05) is 5.69 Å². The van der Waals surface area contributed by atoms with E-state index in [0.717, 1.165) is 5.56 Å². The Hall–Kier alpha value is -2.99. The first kappa shape index (κ1) is 23.7. The van der Waals surface area contributed by atoms with Gasteiger partial charge in [0.05, 0.1) is 15.6 Å². The van der Waals surface area contributed by atoms with Crippen molar-refractivity contribution in [1.82, 2.24) is 0 Å². The Labute approximate surface area is 200 Å². The van der Waals surface area contributed by atoms with E-state index in [4.69, 9.17) is 39.5 Å². The molecule has 0 spiro atoms. The third-order valence-corrected chi connectivity index (χ3v) is 5.11. The number of ether oxygens (including phenoxy) is 1. The zero-order valence-corrected chi connectivity index (χ0v) is 19.1. The van der Waals surface area contributed by atoms with E-state index in [1.54, 1.807) is 49.4 Å². The summed E-state index contributed by atoms with van der Waals surface area (Å²) in [6.07, 6.45) is 1.54. The molecule has 3 aromatic rings. The minimum atomic E-state index is -1.11. The van der Waals surface area contributed by atoms with E-state index >= 15 is 0 Å². The third-order valence-electron chi connectivity index (χ3n) is 4.35. The predicted molar refractivity (Wildman–Crippen MR) is 129 cm³/mol. The molecule has 0 aliphatic rings. The Morgan fingerprint density at radius 3 is 2.12 bits per heavy atom. The first-order valence-corrected chi connectivity index (χ1v) is 10.7. The Morgan fingerprint density at radius 1 is 1.00 bits per heavy atom. The topological polar surface area (TPSA) is 75.6 Å². The molecule has 3 aromatic carbocycles. The van der Waals surface area contributed by atoms with Crippen LogP contribution in [0.4, 0.5) is 5.69 Å². The average molecular weight is 491 g/mol. The number of carbonyl (C=O) groups excluding carboxylic acids is 1. The third kappa shape index (κ3) is 6.04. The van der Waals surface area contributed by atoms with Gasteiger partial charge < -0.3 is 15.2 Å². The molecule has 1 atom stereocenters. The van der Waals surface area contributed by atoms with Gasteiger partial charge in [-0.15, -0.1) is 11.6 Å². The van der Waals surface area contributed by atoms with Crippen molar-refractivity contribution in [1.29, 1.82) is 0 Å². The summed E-state index contributed by atoms with van der Waals surface area (Å²) in [5.74, 6) is -0.817. The smallest absolute Gasteiger partial charge is 0.336 e. The van der Waals surface area contributed by atoms with E-state index in [0.29, 0.717) is 17.0 Å². The number of amides is 1. The number of carboxylic acid groups (broad SMARTS) is 1. The number of anilines is 1. The van der Waals surface area contributed by atoms with Crippen molar-refractivity contribution >= 4 is 64.0 Å². The van der Waals surface area contributed by atoms with Gasteiger partial charge in [-0.05, 0) is 60.5 Å². The summed E-state index contributed by atoms with van der Waals surface area (Å²) < 4.78 is 5.79. The lowest BCUT2D eigenvalue weighted by Crippen LogP contribution is -2.20. The Balaban J connectivity index is 1.85. The lowest BCUT2D eigenvalue weighted by Gasteiger charge is -2.13. The summed E-state index contributed by atoms with van der Waals surface area (Å²) in [6.45, 7) is 1.58. The quantitative estimate of drug-likeness (QED) is 0.213. The molecule has 1 unspecified atom stereocenters. The second kappa shape index (κ2) is 10.6. The minimum Gasteiger partial charge on any atom is -0.478 e. The highest BCUT2D eigenvalue weighted by molar-refractivity contribution is 6.38. The molecule has 0 fully saturated rings. The largest absolute Gasteiger partial charge is 0.478 e. The molecule has 2 N–H and O–H groups in total. The number of halogens is 3. The molecule has 164 valence electrons. The Bertz CT molecular complexity index is 1140. The van der Waals surface area contributed by atoms with Gasteiger partial charge in [0.1, 0.15) is 11.1 Å². The highest BCUT2D eigenvalue weighted by atomic mass is 35.5. The van der Waals surface area contributed by atoms with Crippen molar-refractivity contribution < 1.29 is 19.4 Å². The first-order valence-electron chi connectivity index (χ1n) is 9.47. The van der Waals surface area contributed by atoms with Crippen molar-refractivity contribution in [2.75, 3.05) is 5.32 Å². The van der Waals surface area contributed by atoms with E-state index in [1.165, 1.54) is 12.1 Å². The summed E-state index contributed by atoms with van der Waals surface area (Å²) in [5, 5.41) is 12.0. The van der Waals surface area contributed by atoms with Crippen LogP contribution in [0, 0.1) is 0 Å². The summed E-state index contributed by atoms with van der Waals surface area (Å²) >= 11 is 18.5. The molecule has 8 heteroatoms. The van der Waals surface area contributed by atoms with E-state index in [1.807, 2.05) is 18.2 Å². The monoisotopic (exact) mass is 489 g/mol. The second-order valence-electron chi connectivity index (χ2n) is 6.77. The van der Waals surface area contributed by atoms with Crippen molar-refractivity contribution in [3.05, 3.63) is 87.9 Å². The summed E-state index contributed by atoms with van der Waals surface area (Å²) in [7, 11) is 0. The van der Waals surface area contributed by atoms with E-state index < -0.39 is 11.3 Å². The molecule has 0 bridgehead atoms.